The van der Waals surface area contributed by atoms with Crippen LogP contribution in [0.2, 0.25) is 5.02 Å². The van der Waals surface area contributed by atoms with Crippen molar-refractivity contribution in [2.45, 2.75) is 12.8 Å². The first-order chi connectivity index (χ1) is 8.14. The average Bonchev–Trinajstić information content (AvgIpc) is 2.17. The lowest BCUT2D eigenvalue weighted by atomic mass is 10.1. The molecule has 0 aliphatic heterocycles. The van der Waals surface area contributed by atoms with E-state index in [1.807, 2.05) is 0 Å². The molecule has 0 aromatic heterocycles. The second-order valence-electron chi connectivity index (χ2n) is 2.90. The minimum Gasteiger partial charge on any atom is -0.434 e. The third-order valence-corrected chi connectivity index (χ3v) is 2.08. The molecule has 1 aromatic rings. The van der Waals surface area contributed by atoms with Crippen LogP contribution in [0.25, 0.3) is 0 Å². The Morgan fingerprint density at radius 2 is 1.89 bits per heavy atom. The standard InChI is InChI=1S/C8H3ClF5NO3/c9-3-1-2-4(18-7(10)11)5(8(12,13)14)6(3)15(16)17/h1-2,7H. The number of nitrogens with zero attached hydrogens (tertiary/aromatic N) is 1. The quantitative estimate of drug-likeness (QED) is 0.482. The molecular weight excluding hydrogens is 289 g/mol. The van der Waals surface area contributed by atoms with Crippen molar-refractivity contribution < 1.29 is 31.6 Å². The lowest BCUT2D eigenvalue weighted by molar-refractivity contribution is -0.388. The zero-order valence-electron chi connectivity index (χ0n) is 8.17. The van der Waals surface area contributed by atoms with Crippen molar-refractivity contribution in [1.82, 2.24) is 0 Å². The summed E-state index contributed by atoms with van der Waals surface area (Å²) in [6, 6.07) is 1.16. The summed E-state index contributed by atoms with van der Waals surface area (Å²) in [5.74, 6) is -1.35. The highest BCUT2D eigenvalue weighted by Gasteiger charge is 2.44. The molecule has 18 heavy (non-hydrogen) atoms. The third-order valence-electron chi connectivity index (χ3n) is 1.77. The topological polar surface area (TPSA) is 52.4 Å². The number of hydrogen-bond donors (Lipinski definition) is 0. The second-order valence-corrected chi connectivity index (χ2v) is 3.31. The number of hydrogen-bond acceptors (Lipinski definition) is 3. The molecule has 0 saturated carbocycles. The normalized spacial score (nSPS) is 11.7. The number of benzene rings is 1. The first-order valence-corrected chi connectivity index (χ1v) is 4.51. The molecule has 0 amide bonds. The Labute approximate surface area is 101 Å². The van der Waals surface area contributed by atoms with E-state index in [-0.39, 0.29) is 0 Å². The molecule has 0 fully saturated rings. The summed E-state index contributed by atoms with van der Waals surface area (Å²) in [5, 5.41) is 9.68. The Balaban J connectivity index is 3.55. The highest BCUT2D eigenvalue weighted by Crippen LogP contribution is 2.45. The number of nitro benzene ring substituents is 1. The van der Waals surface area contributed by atoms with Gasteiger partial charge < -0.3 is 4.74 Å². The van der Waals surface area contributed by atoms with Gasteiger partial charge in [-0.05, 0) is 12.1 Å². The van der Waals surface area contributed by atoms with Crippen LogP contribution in [0.5, 0.6) is 5.75 Å². The van der Waals surface area contributed by atoms with Crippen LogP contribution < -0.4 is 4.74 Å². The van der Waals surface area contributed by atoms with Crippen LogP contribution in [0, 0.1) is 10.1 Å². The zero-order chi connectivity index (χ0) is 14.1. The molecule has 4 nitrogen and oxygen atoms in total. The Hall–Kier alpha value is -1.64. The molecule has 0 aliphatic rings. The number of rotatable bonds is 3. The van der Waals surface area contributed by atoms with Gasteiger partial charge in [-0.25, -0.2) is 0 Å². The lowest BCUT2D eigenvalue weighted by Gasteiger charge is -2.13. The number of nitro groups is 1. The van der Waals surface area contributed by atoms with Gasteiger partial charge >= 0.3 is 18.5 Å². The molecule has 0 heterocycles. The van der Waals surface area contributed by atoms with Crippen LogP contribution in [0.15, 0.2) is 12.1 Å². The third kappa shape index (κ3) is 2.97. The number of alkyl halides is 5. The Morgan fingerprint density at radius 3 is 2.28 bits per heavy atom. The second kappa shape index (κ2) is 4.92. The molecule has 0 saturated heterocycles. The molecule has 1 rings (SSSR count). The summed E-state index contributed by atoms with van der Waals surface area (Å²) >= 11 is 5.25. The molecule has 1 aromatic carbocycles. The van der Waals surface area contributed by atoms with Crippen molar-refractivity contribution in [3.8, 4) is 5.75 Å². The zero-order valence-corrected chi connectivity index (χ0v) is 8.93. The van der Waals surface area contributed by atoms with Crippen molar-refractivity contribution in [3.05, 3.63) is 32.8 Å². The minimum absolute atomic E-state index is 0.490. The van der Waals surface area contributed by atoms with Gasteiger partial charge in [0.1, 0.15) is 10.8 Å². The summed E-state index contributed by atoms with van der Waals surface area (Å²) < 4.78 is 65.3. The summed E-state index contributed by atoms with van der Waals surface area (Å²) in [6.07, 6.45) is -5.25. The van der Waals surface area contributed by atoms with E-state index in [0.29, 0.717) is 12.1 Å². The van der Waals surface area contributed by atoms with E-state index >= 15 is 0 Å². The van der Waals surface area contributed by atoms with Crippen molar-refractivity contribution in [1.29, 1.82) is 0 Å². The molecule has 0 bridgehead atoms. The van der Waals surface area contributed by atoms with Crippen LogP contribution in [0.3, 0.4) is 0 Å². The maximum absolute atomic E-state index is 12.6. The smallest absolute Gasteiger partial charge is 0.426 e. The van der Waals surface area contributed by atoms with Gasteiger partial charge in [-0.2, -0.15) is 22.0 Å². The molecule has 0 N–H and O–H groups in total. The van der Waals surface area contributed by atoms with E-state index < -0.39 is 39.7 Å². The van der Waals surface area contributed by atoms with E-state index in [1.165, 1.54) is 0 Å². The van der Waals surface area contributed by atoms with Crippen molar-refractivity contribution in [2.75, 3.05) is 0 Å². The van der Waals surface area contributed by atoms with Crippen molar-refractivity contribution in [3.63, 3.8) is 0 Å². The molecule has 0 spiro atoms. The largest absolute Gasteiger partial charge is 0.434 e. The number of halogens is 6. The van der Waals surface area contributed by atoms with Crippen LogP contribution in [-0.4, -0.2) is 11.5 Å². The molecule has 0 radical (unpaired) electrons. The van der Waals surface area contributed by atoms with Gasteiger partial charge in [0.15, 0.2) is 5.56 Å². The van der Waals surface area contributed by atoms with E-state index in [9.17, 15) is 32.1 Å². The van der Waals surface area contributed by atoms with E-state index in [2.05, 4.69) is 4.74 Å². The van der Waals surface area contributed by atoms with Gasteiger partial charge in [-0.1, -0.05) is 11.6 Å². The molecule has 0 unspecified atom stereocenters. The predicted octanol–water partition coefficient (Wildman–Crippen LogP) is 3.87. The first kappa shape index (κ1) is 14.4. The van der Waals surface area contributed by atoms with E-state index in [1.54, 1.807) is 0 Å². The fourth-order valence-electron chi connectivity index (χ4n) is 1.19. The van der Waals surface area contributed by atoms with Gasteiger partial charge in [0.05, 0.1) is 4.92 Å². The summed E-state index contributed by atoms with van der Waals surface area (Å²) in [7, 11) is 0. The van der Waals surface area contributed by atoms with Gasteiger partial charge in [0.25, 0.3) is 0 Å². The monoisotopic (exact) mass is 291 g/mol. The minimum atomic E-state index is -5.25. The Bertz CT molecular complexity index is 477. The van der Waals surface area contributed by atoms with Gasteiger partial charge in [0.2, 0.25) is 0 Å². The summed E-state index contributed by atoms with van der Waals surface area (Å²) in [4.78, 5) is 9.09. The fraction of sp³-hybridized carbons (Fsp3) is 0.250. The number of ether oxygens (including phenoxy) is 1. The van der Waals surface area contributed by atoms with Gasteiger partial charge in [0, 0.05) is 0 Å². The molecule has 100 valence electrons. The Morgan fingerprint density at radius 1 is 1.33 bits per heavy atom. The SMILES string of the molecule is O=[N+]([O-])c1c(Cl)ccc(OC(F)F)c1C(F)(F)F. The van der Waals surface area contributed by atoms with Gasteiger partial charge in [-0.15, -0.1) is 0 Å². The fourth-order valence-corrected chi connectivity index (χ4v) is 1.42. The van der Waals surface area contributed by atoms with Crippen LogP contribution in [0.4, 0.5) is 27.6 Å². The lowest BCUT2D eigenvalue weighted by Crippen LogP contribution is -2.14. The van der Waals surface area contributed by atoms with Gasteiger partial charge in [-0.3, -0.25) is 10.1 Å². The molecular formula is C8H3ClF5NO3. The van der Waals surface area contributed by atoms with Crippen LogP contribution in [-0.2, 0) is 6.18 Å². The summed E-state index contributed by atoms with van der Waals surface area (Å²) in [5.41, 5.74) is -3.47. The van der Waals surface area contributed by atoms with Crippen LogP contribution >= 0.6 is 11.6 Å². The van der Waals surface area contributed by atoms with Crippen molar-refractivity contribution in [2.24, 2.45) is 0 Å². The van der Waals surface area contributed by atoms with Crippen LogP contribution in [0.1, 0.15) is 5.56 Å². The maximum Gasteiger partial charge on any atom is 0.426 e. The van der Waals surface area contributed by atoms with Crippen molar-refractivity contribution >= 4 is 17.3 Å². The highest BCUT2D eigenvalue weighted by molar-refractivity contribution is 6.32. The average molecular weight is 292 g/mol. The Kier molecular flexibility index (Phi) is 3.95. The molecule has 10 heteroatoms. The molecule has 0 atom stereocenters. The van der Waals surface area contributed by atoms with E-state index in [0.717, 1.165) is 0 Å². The first-order valence-electron chi connectivity index (χ1n) is 4.13. The summed E-state index contributed by atoms with van der Waals surface area (Å²) in [6.45, 7) is -3.55. The highest BCUT2D eigenvalue weighted by atomic mass is 35.5. The molecule has 0 aliphatic carbocycles. The predicted molar refractivity (Wildman–Crippen MR) is 49.7 cm³/mol. The van der Waals surface area contributed by atoms with E-state index in [4.69, 9.17) is 11.6 Å². The maximum atomic E-state index is 12.6.